The Kier molecular flexibility index (Phi) is 36.7. The van der Waals surface area contributed by atoms with E-state index in [1.165, 1.54) is 116 Å². The van der Waals surface area contributed by atoms with Gasteiger partial charge in [-0.05, 0) is 52.9 Å². The van der Waals surface area contributed by atoms with Crippen LogP contribution in [0.2, 0.25) is 0 Å². The summed E-state index contributed by atoms with van der Waals surface area (Å²) >= 11 is 0. The highest BCUT2D eigenvalue weighted by Crippen LogP contribution is 2.12. The average Bonchev–Trinajstić information content (AvgIpc) is 2.80. The number of hydrogen-bond donors (Lipinski definition) is 2. The van der Waals surface area contributed by atoms with Crippen molar-refractivity contribution in [3.63, 3.8) is 0 Å². The normalized spacial score (nSPS) is 13.0. The van der Waals surface area contributed by atoms with Crippen LogP contribution in [0.25, 0.3) is 0 Å². The molecule has 4 nitrogen and oxygen atoms in total. The largest absolute Gasteiger partial charge is 0.392 e. The summed E-state index contributed by atoms with van der Waals surface area (Å²) in [6, 6.07) is 0. The molecule has 2 N–H and O–H groups in total. The standard InChI is InChI=1S/C30H64N2O2.2BrH/c1-5-7-9-11-13-15-19-23-29(33)27-31(3)25-21-17-18-22-26-32(4)28-30(34)24-20-16-14-12-10-8-6-2;;/h29-30,33-34H,5-28H2,1-4H3;2*1H. The van der Waals surface area contributed by atoms with E-state index in [1.807, 2.05) is 0 Å². The molecule has 0 bridgehead atoms. The van der Waals surface area contributed by atoms with Gasteiger partial charge in [-0.3, -0.25) is 0 Å². The number of halogens is 2. The maximum atomic E-state index is 10.3. The molecule has 0 aromatic carbocycles. The molecule has 0 aromatic rings. The van der Waals surface area contributed by atoms with E-state index < -0.39 is 0 Å². The molecule has 0 spiro atoms. The zero-order chi connectivity index (χ0) is 25.3. The third-order valence-electron chi connectivity index (χ3n) is 7.16. The van der Waals surface area contributed by atoms with Crippen molar-refractivity contribution in [1.29, 1.82) is 0 Å². The van der Waals surface area contributed by atoms with Crippen molar-refractivity contribution in [2.24, 2.45) is 0 Å². The Morgan fingerprint density at radius 1 is 0.444 bits per heavy atom. The van der Waals surface area contributed by atoms with E-state index >= 15 is 0 Å². The second kappa shape index (κ2) is 32.0. The molecule has 0 fully saturated rings. The fraction of sp³-hybridized carbons (Fsp3) is 1.00. The van der Waals surface area contributed by atoms with Gasteiger partial charge in [-0.2, -0.15) is 0 Å². The molecule has 6 heteroatoms. The van der Waals surface area contributed by atoms with E-state index in [0.29, 0.717) is 0 Å². The van der Waals surface area contributed by atoms with Crippen molar-refractivity contribution in [3.8, 4) is 0 Å². The molecule has 0 saturated heterocycles. The summed E-state index contributed by atoms with van der Waals surface area (Å²) in [5.74, 6) is 0. The summed E-state index contributed by atoms with van der Waals surface area (Å²) in [4.78, 5) is 4.61. The maximum Gasteiger partial charge on any atom is 0.0667 e. The van der Waals surface area contributed by atoms with E-state index in [-0.39, 0.29) is 46.2 Å². The molecule has 222 valence electrons. The number of nitrogens with zero attached hydrogens (tertiary/aromatic N) is 2. The Hall–Kier alpha value is 0.800. The van der Waals surface area contributed by atoms with Crippen molar-refractivity contribution < 1.29 is 10.2 Å². The molecule has 0 rings (SSSR count). The first-order valence-corrected chi connectivity index (χ1v) is 15.2. The van der Waals surface area contributed by atoms with E-state index in [9.17, 15) is 10.2 Å². The molecule has 0 amide bonds. The molecule has 0 heterocycles. The van der Waals surface area contributed by atoms with Crippen LogP contribution in [0.15, 0.2) is 0 Å². The highest BCUT2D eigenvalue weighted by molar-refractivity contribution is 8.93. The molecule has 2 atom stereocenters. The Bertz CT molecular complexity index is 369. The van der Waals surface area contributed by atoms with Crippen LogP contribution in [0.5, 0.6) is 0 Å². The SMILES string of the molecule is Br.Br.CCCCCCCCCC(O)CN(C)CCCCCCN(C)CC(O)CCCCCCCCC. The van der Waals surface area contributed by atoms with Crippen LogP contribution in [0.4, 0.5) is 0 Å². The highest BCUT2D eigenvalue weighted by Gasteiger charge is 2.09. The number of unbranched alkanes of at least 4 members (excludes halogenated alkanes) is 15. The molecular weight excluding hydrogens is 580 g/mol. The van der Waals surface area contributed by atoms with Crippen molar-refractivity contribution in [1.82, 2.24) is 9.80 Å². The number of likely N-dealkylation sites (N-methyl/N-ethyl adjacent to an activating group) is 2. The van der Waals surface area contributed by atoms with E-state index in [4.69, 9.17) is 0 Å². The van der Waals surface area contributed by atoms with Gasteiger partial charge >= 0.3 is 0 Å². The molecule has 0 aliphatic carbocycles. The predicted octanol–water partition coefficient (Wildman–Crippen LogP) is 8.57. The first-order chi connectivity index (χ1) is 16.5. The molecule has 2 unspecified atom stereocenters. The van der Waals surface area contributed by atoms with Gasteiger partial charge in [0.2, 0.25) is 0 Å². The van der Waals surface area contributed by atoms with Gasteiger partial charge in [0.05, 0.1) is 12.2 Å². The summed E-state index contributed by atoms with van der Waals surface area (Å²) in [6.07, 6.45) is 24.9. The molecule has 0 aliphatic rings. The lowest BCUT2D eigenvalue weighted by atomic mass is 10.1. The van der Waals surface area contributed by atoms with Gasteiger partial charge in [-0.25, -0.2) is 0 Å². The summed E-state index contributed by atoms with van der Waals surface area (Å²) in [6.45, 7) is 8.32. The number of aliphatic hydroxyl groups is 2. The zero-order valence-corrected chi connectivity index (χ0v) is 28.2. The van der Waals surface area contributed by atoms with Gasteiger partial charge in [-0.15, -0.1) is 34.0 Å². The average molecular weight is 647 g/mol. The Labute approximate surface area is 247 Å². The number of rotatable bonds is 27. The van der Waals surface area contributed by atoms with Crippen LogP contribution < -0.4 is 0 Å². The lowest BCUT2D eigenvalue weighted by molar-refractivity contribution is 0.112. The first-order valence-electron chi connectivity index (χ1n) is 15.2. The summed E-state index contributed by atoms with van der Waals surface area (Å²) in [5.41, 5.74) is 0. The van der Waals surface area contributed by atoms with Crippen molar-refractivity contribution >= 4 is 34.0 Å². The van der Waals surface area contributed by atoms with E-state index in [0.717, 1.165) is 39.0 Å². The lowest BCUT2D eigenvalue weighted by Gasteiger charge is -2.21. The van der Waals surface area contributed by atoms with Gasteiger partial charge in [0.15, 0.2) is 0 Å². The lowest BCUT2D eigenvalue weighted by Crippen LogP contribution is -2.30. The predicted molar refractivity (Wildman–Crippen MR) is 171 cm³/mol. The van der Waals surface area contributed by atoms with E-state index in [2.05, 4.69) is 37.7 Å². The molecular formula is C30H66Br2N2O2. The maximum absolute atomic E-state index is 10.3. The highest BCUT2D eigenvalue weighted by atomic mass is 79.9. The quantitative estimate of drug-likeness (QED) is 0.0879. The second-order valence-electron chi connectivity index (χ2n) is 11.1. The van der Waals surface area contributed by atoms with Crippen LogP contribution in [-0.2, 0) is 0 Å². The number of hydrogen-bond acceptors (Lipinski definition) is 4. The Balaban J connectivity index is -0.00000544. The molecule has 0 saturated carbocycles. The van der Waals surface area contributed by atoms with Crippen molar-refractivity contribution in [2.75, 3.05) is 40.3 Å². The van der Waals surface area contributed by atoms with Gasteiger partial charge < -0.3 is 20.0 Å². The van der Waals surface area contributed by atoms with Crippen LogP contribution in [0.1, 0.15) is 142 Å². The van der Waals surface area contributed by atoms with Gasteiger partial charge in [-0.1, -0.05) is 117 Å². The van der Waals surface area contributed by atoms with Crippen LogP contribution >= 0.6 is 34.0 Å². The second-order valence-corrected chi connectivity index (χ2v) is 11.1. The molecule has 0 aromatic heterocycles. The zero-order valence-electron chi connectivity index (χ0n) is 24.7. The molecule has 0 radical (unpaired) electrons. The van der Waals surface area contributed by atoms with Crippen LogP contribution in [-0.4, -0.2) is 72.5 Å². The summed E-state index contributed by atoms with van der Waals surface area (Å²) < 4.78 is 0. The van der Waals surface area contributed by atoms with Crippen LogP contribution in [0.3, 0.4) is 0 Å². The molecule has 0 aliphatic heterocycles. The third-order valence-corrected chi connectivity index (χ3v) is 7.16. The first kappa shape index (κ1) is 41.3. The van der Waals surface area contributed by atoms with Crippen LogP contribution in [0, 0.1) is 0 Å². The fourth-order valence-electron chi connectivity index (χ4n) is 4.88. The van der Waals surface area contributed by atoms with Gasteiger partial charge in [0.1, 0.15) is 0 Å². The minimum absolute atomic E-state index is 0. The Morgan fingerprint density at radius 3 is 1.06 bits per heavy atom. The topological polar surface area (TPSA) is 46.9 Å². The van der Waals surface area contributed by atoms with Gasteiger partial charge in [0.25, 0.3) is 0 Å². The van der Waals surface area contributed by atoms with E-state index in [1.54, 1.807) is 0 Å². The minimum Gasteiger partial charge on any atom is -0.392 e. The Morgan fingerprint density at radius 2 is 0.722 bits per heavy atom. The fourth-order valence-corrected chi connectivity index (χ4v) is 4.88. The molecule has 36 heavy (non-hydrogen) atoms. The smallest absolute Gasteiger partial charge is 0.0667 e. The summed E-state index contributed by atoms with van der Waals surface area (Å²) in [7, 11) is 4.29. The van der Waals surface area contributed by atoms with Crippen molar-refractivity contribution in [2.45, 2.75) is 154 Å². The minimum atomic E-state index is -0.165. The monoisotopic (exact) mass is 644 g/mol. The van der Waals surface area contributed by atoms with Crippen molar-refractivity contribution in [3.05, 3.63) is 0 Å². The number of aliphatic hydroxyl groups excluding tert-OH is 2. The third kappa shape index (κ3) is 31.0. The summed E-state index contributed by atoms with van der Waals surface area (Å²) in [5, 5.41) is 20.6. The van der Waals surface area contributed by atoms with Gasteiger partial charge in [0, 0.05) is 13.1 Å².